The monoisotopic (exact) mass is 343 g/mol. The molecule has 7 heteroatoms. The molecule has 24 heavy (non-hydrogen) atoms. The minimum atomic E-state index is -0.703. The molecule has 1 aliphatic rings. The van der Waals surface area contributed by atoms with Crippen LogP contribution < -0.4 is 10.6 Å². The minimum absolute atomic E-state index is 0.0838. The van der Waals surface area contributed by atoms with Crippen molar-refractivity contribution in [1.82, 2.24) is 10.2 Å². The van der Waals surface area contributed by atoms with Gasteiger partial charge in [-0.25, -0.2) is 4.79 Å². The first kappa shape index (κ1) is 16.2. The summed E-state index contributed by atoms with van der Waals surface area (Å²) in [7, 11) is 1.44. The maximum absolute atomic E-state index is 12.1. The lowest BCUT2D eigenvalue weighted by molar-refractivity contribution is -0.126. The lowest BCUT2D eigenvalue weighted by Crippen LogP contribution is -2.25. The van der Waals surface area contributed by atoms with Gasteiger partial charge in [-0.05, 0) is 35.6 Å². The molecule has 0 spiro atoms. The molecule has 0 saturated carbocycles. The van der Waals surface area contributed by atoms with Gasteiger partial charge in [-0.1, -0.05) is 18.2 Å². The van der Waals surface area contributed by atoms with Crippen LogP contribution >= 0.6 is 11.3 Å². The predicted octanol–water partition coefficient (Wildman–Crippen LogP) is 2.54. The average Bonchev–Trinajstić information content (AvgIpc) is 3.18. The second-order valence-corrected chi connectivity index (χ2v) is 6.57. The summed E-state index contributed by atoms with van der Waals surface area (Å²) in [4.78, 5) is 37.9. The Morgan fingerprint density at radius 3 is 2.79 bits per heavy atom. The van der Waals surface area contributed by atoms with Crippen LogP contribution in [0.2, 0.25) is 0 Å². The first-order chi connectivity index (χ1) is 11.5. The van der Waals surface area contributed by atoms with Crippen molar-refractivity contribution in [3.63, 3.8) is 0 Å². The molecule has 1 aromatic heterocycles. The third kappa shape index (κ3) is 3.46. The maximum atomic E-state index is 12.1. The average molecular weight is 343 g/mol. The summed E-state index contributed by atoms with van der Waals surface area (Å²) in [5.74, 6) is -0.388. The van der Waals surface area contributed by atoms with E-state index < -0.39 is 12.1 Å². The summed E-state index contributed by atoms with van der Waals surface area (Å²) < 4.78 is 0. The second kappa shape index (κ2) is 6.84. The quantitative estimate of drug-likeness (QED) is 0.819. The second-order valence-electron chi connectivity index (χ2n) is 5.53. The van der Waals surface area contributed by atoms with Gasteiger partial charge >= 0.3 is 6.03 Å². The number of carbonyl (C=O) groups is 3. The Balaban J connectivity index is 1.64. The molecule has 0 radical (unpaired) electrons. The van der Waals surface area contributed by atoms with Gasteiger partial charge in [0.2, 0.25) is 5.91 Å². The summed E-state index contributed by atoms with van der Waals surface area (Å²) >= 11 is 1.63. The van der Waals surface area contributed by atoms with E-state index in [1.165, 1.54) is 11.9 Å². The van der Waals surface area contributed by atoms with Gasteiger partial charge in [0.05, 0.1) is 0 Å². The molecule has 3 rings (SSSR count). The fourth-order valence-corrected chi connectivity index (χ4v) is 3.22. The number of carbonyl (C=O) groups excluding carboxylic acids is 3. The fourth-order valence-electron chi connectivity index (χ4n) is 2.51. The van der Waals surface area contributed by atoms with Crippen LogP contribution in [-0.2, 0) is 16.0 Å². The molecule has 4 amide bonds. The van der Waals surface area contributed by atoms with Crippen molar-refractivity contribution in [1.29, 1.82) is 0 Å². The van der Waals surface area contributed by atoms with Crippen molar-refractivity contribution in [2.24, 2.45) is 0 Å². The van der Waals surface area contributed by atoms with E-state index in [4.69, 9.17) is 0 Å². The van der Waals surface area contributed by atoms with Gasteiger partial charge in [-0.3, -0.25) is 14.5 Å². The Labute approximate surface area is 143 Å². The number of benzene rings is 1. The van der Waals surface area contributed by atoms with Crippen LogP contribution in [0.4, 0.5) is 10.5 Å². The van der Waals surface area contributed by atoms with Crippen molar-refractivity contribution in [3.8, 4) is 0 Å². The van der Waals surface area contributed by atoms with Crippen molar-refractivity contribution in [3.05, 3.63) is 52.2 Å². The highest BCUT2D eigenvalue weighted by atomic mass is 32.1. The lowest BCUT2D eigenvalue weighted by atomic mass is 10.1. The molecule has 0 aliphatic carbocycles. The SMILES string of the molecule is CN1C(=O)NC(c2cccc(NC(=O)CCc3cccs3)c2)C1=O. The molecule has 2 heterocycles. The number of aryl methyl sites for hydroxylation is 1. The predicted molar refractivity (Wildman–Crippen MR) is 91.8 cm³/mol. The van der Waals surface area contributed by atoms with Gasteiger partial charge in [0, 0.05) is 24.0 Å². The minimum Gasteiger partial charge on any atom is -0.326 e. The summed E-state index contributed by atoms with van der Waals surface area (Å²) in [6.45, 7) is 0. The number of nitrogens with zero attached hydrogens (tertiary/aromatic N) is 1. The van der Waals surface area contributed by atoms with Gasteiger partial charge in [0.15, 0.2) is 0 Å². The summed E-state index contributed by atoms with van der Waals surface area (Å²) in [6, 6.07) is 9.82. The number of nitrogens with one attached hydrogen (secondary N) is 2. The Bertz CT molecular complexity index is 773. The standard InChI is InChI=1S/C17H17N3O3S/c1-20-16(22)15(19-17(20)23)11-4-2-5-12(10-11)18-14(21)8-7-13-6-3-9-24-13/h2-6,9-10,15H,7-8H2,1H3,(H,18,21)(H,19,23). The molecule has 1 unspecified atom stereocenters. The van der Waals surface area contributed by atoms with E-state index in [9.17, 15) is 14.4 Å². The fraction of sp³-hybridized carbons (Fsp3) is 0.235. The van der Waals surface area contributed by atoms with Gasteiger partial charge in [0.1, 0.15) is 6.04 Å². The number of anilines is 1. The molecule has 124 valence electrons. The molecule has 2 aromatic rings. The van der Waals surface area contributed by atoms with E-state index >= 15 is 0 Å². The molecule has 2 N–H and O–H groups in total. The zero-order valence-corrected chi connectivity index (χ0v) is 13.9. The molecule has 1 aromatic carbocycles. The molecule has 0 bridgehead atoms. The van der Waals surface area contributed by atoms with Crippen LogP contribution in [0.1, 0.15) is 22.9 Å². The van der Waals surface area contributed by atoms with Gasteiger partial charge < -0.3 is 10.6 Å². The molecular formula is C17H17N3O3S. The van der Waals surface area contributed by atoms with Crippen LogP contribution in [0.3, 0.4) is 0 Å². The highest BCUT2D eigenvalue weighted by molar-refractivity contribution is 7.09. The normalized spacial score (nSPS) is 17.0. The number of urea groups is 1. The topological polar surface area (TPSA) is 78.5 Å². The lowest BCUT2D eigenvalue weighted by Gasteiger charge is -2.11. The molecule has 1 aliphatic heterocycles. The third-order valence-corrected chi connectivity index (χ3v) is 4.77. The summed E-state index contributed by atoms with van der Waals surface area (Å²) in [5.41, 5.74) is 1.26. The van der Waals surface area contributed by atoms with E-state index in [1.54, 1.807) is 35.6 Å². The van der Waals surface area contributed by atoms with Gasteiger partial charge in [-0.2, -0.15) is 0 Å². The van der Waals surface area contributed by atoms with Crippen molar-refractivity contribution in [2.45, 2.75) is 18.9 Å². The van der Waals surface area contributed by atoms with E-state index in [-0.39, 0.29) is 11.8 Å². The number of amides is 4. The van der Waals surface area contributed by atoms with E-state index in [0.717, 1.165) is 4.90 Å². The first-order valence-electron chi connectivity index (χ1n) is 7.55. The number of rotatable bonds is 5. The van der Waals surface area contributed by atoms with Crippen LogP contribution in [0.25, 0.3) is 0 Å². The number of imide groups is 1. The molecule has 6 nitrogen and oxygen atoms in total. The molecule has 1 saturated heterocycles. The Kier molecular flexibility index (Phi) is 4.61. The first-order valence-corrected chi connectivity index (χ1v) is 8.43. The molecular weight excluding hydrogens is 326 g/mol. The number of likely N-dealkylation sites (N-methyl/N-ethyl adjacent to an activating group) is 1. The number of hydrogen-bond donors (Lipinski definition) is 2. The molecule has 1 fully saturated rings. The van der Waals surface area contributed by atoms with E-state index in [0.29, 0.717) is 24.1 Å². The molecule has 1 atom stereocenters. The smallest absolute Gasteiger partial charge is 0.324 e. The van der Waals surface area contributed by atoms with Crippen LogP contribution in [0.5, 0.6) is 0 Å². The van der Waals surface area contributed by atoms with Crippen LogP contribution in [0.15, 0.2) is 41.8 Å². The van der Waals surface area contributed by atoms with E-state index in [1.807, 2.05) is 17.5 Å². The van der Waals surface area contributed by atoms with Crippen LogP contribution in [-0.4, -0.2) is 29.8 Å². The Morgan fingerprint density at radius 1 is 1.29 bits per heavy atom. The van der Waals surface area contributed by atoms with Gasteiger partial charge in [-0.15, -0.1) is 11.3 Å². The number of hydrogen-bond acceptors (Lipinski definition) is 4. The van der Waals surface area contributed by atoms with Crippen LogP contribution in [0, 0.1) is 0 Å². The van der Waals surface area contributed by atoms with Crippen molar-refractivity contribution >= 4 is 34.9 Å². The summed E-state index contributed by atoms with van der Waals surface area (Å²) in [5, 5.41) is 7.44. The summed E-state index contributed by atoms with van der Waals surface area (Å²) in [6.07, 6.45) is 1.09. The zero-order chi connectivity index (χ0) is 17.1. The van der Waals surface area contributed by atoms with Crippen molar-refractivity contribution in [2.75, 3.05) is 12.4 Å². The van der Waals surface area contributed by atoms with Gasteiger partial charge in [0.25, 0.3) is 5.91 Å². The third-order valence-electron chi connectivity index (χ3n) is 3.83. The zero-order valence-electron chi connectivity index (χ0n) is 13.1. The van der Waals surface area contributed by atoms with Crippen molar-refractivity contribution < 1.29 is 14.4 Å². The number of thiophene rings is 1. The maximum Gasteiger partial charge on any atom is 0.324 e. The Morgan fingerprint density at radius 2 is 2.12 bits per heavy atom. The van der Waals surface area contributed by atoms with E-state index in [2.05, 4.69) is 10.6 Å². The highest BCUT2D eigenvalue weighted by Gasteiger charge is 2.36. The Hall–Kier alpha value is -2.67. The largest absolute Gasteiger partial charge is 0.326 e. The highest BCUT2D eigenvalue weighted by Crippen LogP contribution is 2.23.